The third-order valence-corrected chi connectivity index (χ3v) is 4.85. The summed E-state index contributed by atoms with van der Waals surface area (Å²) in [6, 6.07) is 5.30. The van der Waals surface area contributed by atoms with E-state index in [9.17, 15) is 9.59 Å². The molecule has 2 amide bonds. The average Bonchev–Trinajstić information content (AvgIpc) is 2.95. The Labute approximate surface area is 163 Å². The van der Waals surface area contributed by atoms with E-state index in [0.29, 0.717) is 42.5 Å². The second-order valence-electron chi connectivity index (χ2n) is 6.37. The number of carbonyl (C=O) groups excluding carboxylic acids is 2. The molecule has 1 aromatic carbocycles. The maximum atomic E-state index is 12.9. The Balaban J connectivity index is 0.00000243. The third-order valence-electron chi connectivity index (χ3n) is 4.62. The molecule has 3 N–H and O–H groups in total. The number of nitrogens with two attached hydrogens (primary N) is 1. The molecule has 2 heterocycles. The number of fused-ring (bicyclic) bond motifs is 1. The minimum Gasteiger partial charge on any atom is -0.451 e. The number of nitrogens with zero attached hydrogens (tertiary/aromatic N) is 1. The SMILES string of the molecule is Cc1c(C(=O)N2CCCC(C(=O)NCCN)C2)oc2ccc(Cl)cc12.Cl. The van der Waals surface area contributed by atoms with Gasteiger partial charge in [-0.3, -0.25) is 9.59 Å². The van der Waals surface area contributed by atoms with Gasteiger partial charge in [-0.05, 0) is 38.0 Å². The number of amides is 2. The van der Waals surface area contributed by atoms with Crippen LogP contribution in [-0.4, -0.2) is 42.9 Å². The normalized spacial score (nSPS) is 17.0. The second-order valence-corrected chi connectivity index (χ2v) is 6.80. The Bertz CT molecular complexity index is 806. The van der Waals surface area contributed by atoms with Crippen molar-refractivity contribution in [2.24, 2.45) is 11.7 Å². The van der Waals surface area contributed by atoms with Crippen LogP contribution in [0.4, 0.5) is 0 Å². The van der Waals surface area contributed by atoms with Crippen molar-refractivity contribution in [2.75, 3.05) is 26.2 Å². The molecule has 1 aromatic heterocycles. The summed E-state index contributed by atoms with van der Waals surface area (Å²) in [5.74, 6) is -0.110. The Morgan fingerprint density at radius 2 is 2.19 bits per heavy atom. The first-order valence-electron chi connectivity index (χ1n) is 8.47. The quantitative estimate of drug-likeness (QED) is 0.826. The van der Waals surface area contributed by atoms with Crippen molar-refractivity contribution in [3.63, 3.8) is 0 Å². The van der Waals surface area contributed by atoms with Crippen LogP contribution in [0.2, 0.25) is 5.02 Å². The topological polar surface area (TPSA) is 88.6 Å². The molecule has 0 saturated carbocycles. The standard InChI is InChI=1S/C18H22ClN3O3.ClH/c1-11-14-9-13(19)4-5-15(14)25-16(11)18(24)22-8-2-3-12(10-22)17(23)21-7-6-20;/h4-5,9,12H,2-3,6-8,10,20H2,1H3,(H,21,23);1H. The first-order valence-corrected chi connectivity index (χ1v) is 8.84. The van der Waals surface area contributed by atoms with Gasteiger partial charge in [0.05, 0.1) is 5.92 Å². The number of aryl methyl sites for hydroxylation is 1. The minimum absolute atomic E-state index is 0. The molecular weight excluding hydrogens is 377 g/mol. The van der Waals surface area contributed by atoms with E-state index in [4.69, 9.17) is 21.8 Å². The molecule has 1 unspecified atom stereocenters. The van der Waals surface area contributed by atoms with Crippen LogP contribution < -0.4 is 11.1 Å². The van der Waals surface area contributed by atoms with Gasteiger partial charge in [-0.25, -0.2) is 0 Å². The van der Waals surface area contributed by atoms with Crippen molar-refractivity contribution in [2.45, 2.75) is 19.8 Å². The molecule has 1 atom stereocenters. The molecule has 0 aliphatic carbocycles. The fraction of sp³-hybridized carbons (Fsp3) is 0.444. The van der Waals surface area contributed by atoms with Gasteiger partial charge in [-0.15, -0.1) is 12.4 Å². The number of likely N-dealkylation sites (tertiary alicyclic amines) is 1. The van der Waals surface area contributed by atoms with Crippen LogP contribution >= 0.6 is 24.0 Å². The Morgan fingerprint density at radius 1 is 1.42 bits per heavy atom. The van der Waals surface area contributed by atoms with E-state index in [-0.39, 0.29) is 30.1 Å². The Hall–Kier alpha value is -1.76. The fourth-order valence-corrected chi connectivity index (χ4v) is 3.43. The molecular formula is C18H23Cl2N3O3. The fourth-order valence-electron chi connectivity index (χ4n) is 3.26. The summed E-state index contributed by atoms with van der Waals surface area (Å²) in [4.78, 5) is 26.8. The molecule has 1 fully saturated rings. The Kier molecular flexibility index (Phi) is 6.92. The van der Waals surface area contributed by atoms with E-state index in [1.54, 1.807) is 23.1 Å². The number of nitrogens with one attached hydrogen (secondary N) is 1. The predicted octanol–water partition coefficient (Wildman–Crippen LogP) is 2.74. The number of rotatable bonds is 4. The predicted molar refractivity (Wildman–Crippen MR) is 104 cm³/mol. The van der Waals surface area contributed by atoms with Crippen molar-refractivity contribution in [3.8, 4) is 0 Å². The number of benzene rings is 1. The molecule has 2 aromatic rings. The number of hydrogen-bond donors (Lipinski definition) is 2. The number of halogens is 2. The molecule has 26 heavy (non-hydrogen) atoms. The van der Waals surface area contributed by atoms with E-state index in [1.165, 1.54) is 0 Å². The maximum absolute atomic E-state index is 12.9. The smallest absolute Gasteiger partial charge is 0.289 e. The highest BCUT2D eigenvalue weighted by molar-refractivity contribution is 6.31. The largest absolute Gasteiger partial charge is 0.451 e. The van der Waals surface area contributed by atoms with Gasteiger partial charge in [0.2, 0.25) is 5.91 Å². The van der Waals surface area contributed by atoms with Gasteiger partial charge in [0.25, 0.3) is 5.91 Å². The van der Waals surface area contributed by atoms with E-state index in [0.717, 1.165) is 23.8 Å². The van der Waals surface area contributed by atoms with Gasteiger partial charge in [0, 0.05) is 42.2 Å². The van der Waals surface area contributed by atoms with Crippen LogP contribution in [0.1, 0.15) is 29.0 Å². The lowest BCUT2D eigenvalue weighted by Crippen LogP contribution is -2.46. The van der Waals surface area contributed by atoms with Crippen molar-refractivity contribution < 1.29 is 14.0 Å². The minimum atomic E-state index is -0.205. The molecule has 142 valence electrons. The lowest BCUT2D eigenvalue weighted by atomic mass is 9.96. The Morgan fingerprint density at radius 3 is 2.92 bits per heavy atom. The van der Waals surface area contributed by atoms with Gasteiger partial charge < -0.3 is 20.4 Å². The summed E-state index contributed by atoms with van der Waals surface area (Å²) in [7, 11) is 0. The first-order chi connectivity index (χ1) is 12.0. The van der Waals surface area contributed by atoms with Crippen molar-refractivity contribution >= 4 is 46.8 Å². The second kappa shape index (κ2) is 8.75. The zero-order valence-corrected chi connectivity index (χ0v) is 16.2. The number of hydrogen-bond acceptors (Lipinski definition) is 4. The number of furan rings is 1. The van der Waals surface area contributed by atoms with Gasteiger partial charge in [0.15, 0.2) is 5.76 Å². The monoisotopic (exact) mass is 399 g/mol. The lowest BCUT2D eigenvalue weighted by molar-refractivity contribution is -0.126. The van der Waals surface area contributed by atoms with E-state index < -0.39 is 0 Å². The highest BCUT2D eigenvalue weighted by atomic mass is 35.5. The van der Waals surface area contributed by atoms with E-state index >= 15 is 0 Å². The van der Waals surface area contributed by atoms with Gasteiger partial charge in [0.1, 0.15) is 5.58 Å². The highest BCUT2D eigenvalue weighted by Gasteiger charge is 2.31. The van der Waals surface area contributed by atoms with Crippen LogP contribution in [0, 0.1) is 12.8 Å². The van der Waals surface area contributed by atoms with Crippen LogP contribution in [-0.2, 0) is 4.79 Å². The van der Waals surface area contributed by atoms with Crippen LogP contribution in [0.25, 0.3) is 11.0 Å². The summed E-state index contributed by atoms with van der Waals surface area (Å²) >= 11 is 6.03. The molecule has 1 aliphatic heterocycles. The average molecular weight is 400 g/mol. The maximum Gasteiger partial charge on any atom is 0.289 e. The lowest BCUT2D eigenvalue weighted by Gasteiger charge is -2.31. The van der Waals surface area contributed by atoms with Gasteiger partial charge in [-0.1, -0.05) is 11.6 Å². The molecule has 0 radical (unpaired) electrons. The molecule has 8 heteroatoms. The summed E-state index contributed by atoms with van der Waals surface area (Å²) < 4.78 is 5.76. The van der Waals surface area contributed by atoms with Crippen LogP contribution in [0.3, 0.4) is 0 Å². The van der Waals surface area contributed by atoms with Crippen molar-refractivity contribution in [3.05, 3.63) is 34.5 Å². The number of piperidine rings is 1. The number of carbonyl (C=O) groups is 2. The summed E-state index contributed by atoms with van der Waals surface area (Å²) in [5, 5.41) is 4.24. The van der Waals surface area contributed by atoms with Crippen molar-refractivity contribution in [1.29, 1.82) is 0 Å². The molecule has 1 aliphatic rings. The van der Waals surface area contributed by atoms with Crippen LogP contribution in [0.5, 0.6) is 0 Å². The summed E-state index contributed by atoms with van der Waals surface area (Å²) in [6.45, 7) is 3.72. The molecule has 0 spiro atoms. The summed E-state index contributed by atoms with van der Waals surface area (Å²) in [5.41, 5.74) is 6.83. The van der Waals surface area contributed by atoms with Crippen LogP contribution in [0.15, 0.2) is 22.6 Å². The van der Waals surface area contributed by atoms with E-state index in [2.05, 4.69) is 5.32 Å². The summed E-state index contributed by atoms with van der Waals surface area (Å²) in [6.07, 6.45) is 1.56. The highest BCUT2D eigenvalue weighted by Crippen LogP contribution is 2.29. The molecule has 0 bridgehead atoms. The van der Waals surface area contributed by atoms with E-state index in [1.807, 2.05) is 6.92 Å². The third kappa shape index (κ3) is 4.14. The van der Waals surface area contributed by atoms with Gasteiger partial charge in [-0.2, -0.15) is 0 Å². The molecule has 3 rings (SSSR count). The van der Waals surface area contributed by atoms with Gasteiger partial charge >= 0.3 is 0 Å². The zero-order chi connectivity index (χ0) is 18.0. The van der Waals surface area contributed by atoms with Crippen molar-refractivity contribution in [1.82, 2.24) is 10.2 Å². The molecule has 1 saturated heterocycles. The first kappa shape index (κ1) is 20.6. The molecule has 6 nitrogen and oxygen atoms in total. The zero-order valence-electron chi connectivity index (χ0n) is 14.6.